The van der Waals surface area contributed by atoms with Crippen molar-refractivity contribution in [2.24, 2.45) is 0 Å². The molecule has 1 aliphatic heterocycles. The number of rotatable bonds is 13. The molecule has 4 aromatic carbocycles. The zero-order valence-corrected chi connectivity index (χ0v) is 25.6. The normalized spacial score (nSPS) is 18.1. The average molecular weight is 688 g/mol. The summed E-state index contributed by atoms with van der Waals surface area (Å²) in [6.07, 6.45) is -5.61. The third-order valence-electron chi connectivity index (χ3n) is 7.34. The zero-order chi connectivity index (χ0) is 35.8. The number of benzene rings is 4. The van der Waals surface area contributed by atoms with E-state index in [0.717, 1.165) is 36.4 Å². The van der Waals surface area contributed by atoms with Crippen LogP contribution in [0.3, 0.4) is 0 Å². The van der Waals surface area contributed by atoms with Gasteiger partial charge in [-0.2, -0.15) is 0 Å². The molecule has 0 aliphatic carbocycles. The molecule has 256 valence electrons. The molecule has 17 nitrogen and oxygen atoms in total. The second kappa shape index (κ2) is 15.5. The van der Waals surface area contributed by atoms with Crippen molar-refractivity contribution in [3.8, 4) is 0 Å². The van der Waals surface area contributed by atoms with Crippen LogP contribution in [0.5, 0.6) is 0 Å². The van der Waals surface area contributed by atoms with Gasteiger partial charge in [0, 0.05) is 36.4 Å². The average Bonchev–Trinajstić information content (AvgIpc) is 3.44. The van der Waals surface area contributed by atoms with Gasteiger partial charge in [-0.25, -0.2) is 14.4 Å². The van der Waals surface area contributed by atoms with E-state index in [1.54, 1.807) is 30.3 Å². The van der Waals surface area contributed by atoms with Crippen molar-refractivity contribution in [1.29, 1.82) is 0 Å². The number of hydrogen-bond acceptors (Lipinski definition) is 14. The van der Waals surface area contributed by atoms with Crippen LogP contribution < -0.4 is 0 Å². The van der Waals surface area contributed by atoms with Gasteiger partial charge in [0.25, 0.3) is 17.1 Å². The maximum absolute atomic E-state index is 13.3. The maximum Gasteiger partial charge on any atom is 0.340 e. The van der Waals surface area contributed by atoms with E-state index in [1.807, 2.05) is 0 Å². The summed E-state index contributed by atoms with van der Waals surface area (Å²) in [4.78, 5) is 70.5. The Bertz CT molecular complexity index is 1880. The van der Waals surface area contributed by atoms with Gasteiger partial charge in [0.1, 0.15) is 12.7 Å². The van der Waals surface area contributed by atoms with E-state index in [1.165, 1.54) is 36.4 Å². The SMILES string of the molecule is O=C(OC[C@@H]1O[C@H](OC(=O)c2ccc([N+](=O)[O-])cc2)[C@@H](OCc2ccccc2)[C@@H]1OC(=O)c1ccc([N+](=O)[O-])cc1)c1ccc([N+](=O)[O-])cc1. The van der Waals surface area contributed by atoms with E-state index < -0.39 is 63.9 Å². The third-order valence-corrected chi connectivity index (χ3v) is 7.34. The maximum atomic E-state index is 13.3. The molecular weight excluding hydrogens is 662 g/mol. The molecule has 1 heterocycles. The van der Waals surface area contributed by atoms with Crippen molar-refractivity contribution in [3.05, 3.63) is 156 Å². The number of nitro groups is 3. The number of hydrogen-bond donors (Lipinski definition) is 0. The van der Waals surface area contributed by atoms with Crippen LogP contribution >= 0.6 is 0 Å². The van der Waals surface area contributed by atoms with Gasteiger partial charge in [-0.05, 0) is 42.0 Å². The molecule has 50 heavy (non-hydrogen) atoms. The fraction of sp³-hybridized carbons (Fsp3) is 0.182. The van der Waals surface area contributed by atoms with Gasteiger partial charge in [0.15, 0.2) is 12.2 Å². The van der Waals surface area contributed by atoms with Crippen LogP contribution in [0.25, 0.3) is 0 Å². The van der Waals surface area contributed by atoms with Gasteiger partial charge in [0.2, 0.25) is 6.29 Å². The predicted octanol–water partition coefficient (Wildman–Crippen LogP) is 4.96. The van der Waals surface area contributed by atoms with E-state index >= 15 is 0 Å². The minimum atomic E-state index is -1.57. The largest absolute Gasteiger partial charge is 0.459 e. The van der Waals surface area contributed by atoms with Gasteiger partial charge < -0.3 is 23.7 Å². The smallest absolute Gasteiger partial charge is 0.340 e. The first-order valence-electron chi connectivity index (χ1n) is 14.6. The molecule has 0 bridgehead atoms. The molecule has 17 heteroatoms. The quantitative estimate of drug-likeness (QED) is 0.0783. The number of nitrogens with zero attached hydrogens (tertiary/aromatic N) is 3. The Morgan fingerprint density at radius 2 is 1.02 bits per heavy atom. The molecule has 4 aromatic rings. The lowest BCUT2D eigenvalue weighted by molar-refractivity contribution is -0.385. The molecule has 4 atom stereocenters. The summed E-state index contributed by atoms with van der Waals surface area (Å²) in [6, 6.07) is 22.5. The lowest BCUT2D eigenvalue weighted by Crippen LogP contribution is -2.41. The van der Waals surface area contributed by atoms with Crippen LogP contribution in [0.2, 0.25) is 0 Å². The number of non-ortho nitro benzene ring substituents is 3. The van der Waals surface area contributed by atoms with Gasteiger partial charge in [-0.15, -0.1) is 0 Å². The van der Waals surface area contributed by atoms with Crippen molar-refractivity contribution >= 4 is 35.0 Å². The number of carbonyl (C=O) groups excluding carboxylic acids is 3. The molecule has 0 aromatic heterocycles. The molecule has 1 fully saturated rings. The molecule has 5 rings (SSSR count). The van der Waals surface area contributed by atoms with E-state index in [9.17, 15) is 44.7 Å². The lowest BCUT2D eigenvalue weighted by Gasteiger charge is -2.24. The minimum Gasteiger partial charge on any atom is -0.459 e. The summed E-state index contributed by atoms with van der Waals surface area (Å²) in [5.74, 6) is -2.84. The number of ether oxygens (including phenoxy) is 5. The highest BCUT2D eigenvalue weighted by Gasteiger charge is 2.51. The van der Waals surface area contributed by atoms with Crippen LogP contribution in [0.1, 0.15) is 36.6 Å². The Balaban J connectivity index is 1.42. The van der Waals surface area contributed by atoms with Crippen molar-refractivity contribution in [3.63, 3.8) is 0 Å². The molecule has 1 saturated heterocycles. The van der Waals surface area contributed by atoms with Crippen molar-refractivity contribution in [1.82, 2.24) is 0 Å². The Morgan fingerprint density at radius 3 is 1.48 bits per heavy atom. The van der Waals surface area contributed by atoms with Crippen molar-refractivity contribution < 1.29 is 52.8 Å². The molecule has 0 spiro atoms. The molecular formula is C33H25N3O14. The highest BCUT2D eigenvalue weighted by Crippen LogP contribution is 2.31. The van der Waals surface area contributed by atoms with Crippen molar-refractivity contribution in [2.45, 2.75) is 31.2 Å². The van der Waals surface area contributed by atoms with Crippen molar-refractivity contribution in [2.75, 3.05) is 6.61 Å². The monoisotopic (exact) mass is 687 g/mol. The van der Waals surface area contributed by atoms with Crippen LogP contribution in [-0.2, 0) is 30.3 Å². The third kappa shape index (κ3) is 8.46. The highest BCUT2D eigenvalue weighted by atomic mass is 16.7. The molecule has 0 N–H and O–H groups in total. The van der Waals surface area contributed by atoms with Gasteiger partial charge in [-0.1, -0.05) is 30.3 Å². The molecule has 0 radical (unpaired) electrons. The topological polar surface area (TPSA) is 227 Å². The second-order valence-electron chi connectivity index (χ2n) is 10.6. The summed E-state index contributed by atoms with van der Waals surface area (Å²) in [5.41, 5.74) is -0.304. The fourth-order valence-electron chi connectivity index (χ4n) is 4.77. The van der Waals surface area contributed by atoms with Gasteiger partial charge in [-0.3, -0.25) is 30.3 Å². The zero-order valence-electron chi connectivity index (χ0n) is 25.6. The number of nitro benzene ring substituents is 3. The second-order valence-corrected chi connectivity index (χ2v) is 10.6. The Hall–Kier alpha value is -6.59. The van der Waals surface area contributed by atoms with E-state index in [-0.39, 0.29) is 40.4 Å². The summed E-state index contributed by atoms with van der Waals surface area (Å²) in [5, 5.41) is 33.2. The first-order chi connectivity index (χ1) is 24.0. The molecule has 0 amide bonds. The van der Waals surface area contributed by atoms with E-state index in [4.69, 9.17) is 23.7 Å². The first kappa shape index (κ1) is 34.7. The van der Waals surface area contributed by atoms with Crippen LogP contribution in [-0.4, -0.2) is 63.9 Å². The Morgan fingerprint density at radius 1 is 0.580 bits per heavy atom. The van der Waals surface area contributed by atoms with Gasteiger partial charge in [0.05, 0.1) is 38.1 Å². The Labute approximate surface area is 281 Å². The summed E-state index contributed by atoms with van der Waals surface area (Å²) < 4.78 is 28.8. The summed E-state index contributed by atoms with van der Waals surface area (Å²) in [6.45, 7) is -0.661. The lowest BCUT2D eigenvalue weighted by atomic mass is 10.1. The minimum absolute atomic E-state index is 0.0361. The van der Waals surface area contributed by atoms with E-state index in [2.05, 4.69) is 0 Å². The van der Waals surface area contributed by atoms with Crippen LogP contribution in [0.4, 0.5) is 17.1 Å². The highest BCUT2D eigenvalue weighted by molar-refractivity contribution is 5.91. The fourth-order valence-corrected chi connectivity index (χ4v) is 4.77. The first-order valence-corrected chi connectivity index (χ1v) is 14.6. The Kier molecular flexibility index (Phi) is 10.8. The predicted molar refractivity (Wildman–Crippen MR) is 168 cm³/mol. The molecule has 0 saturated carbocycles. The summed E-state index contributed by atoms with van der Waals surface area (Å²) >= 11 is 0. The standard InChI is InChI=1S/C33H25N3O14/c37-30(21-6-12-24(13-7-21)34(40)41)47-19-27-28(49-31(38)22-8-14-25(15-9-22)35(42)43)29(46-18-20-4-2-1-3-5-20)33(48-27)50-32(39)23-10-16-26(17-11-23)36(44)45/h1-17,27-29,33H,18-19H2/t27-,28+,29-,33+/m0/s1. The summed E-state index contributed by atoms with van der Waals surface area (Å²) in [7, 11) is 0. The van der Waals surface area contributed by atoms with Gasteiger partial charge >= 0.3 is 17.9 Å². The van der Waals surface area contributed by atoms with E-state index in [0.29, 0.717) is 5.56 Å². The number of carbonyl (C=O) groups is 3. The molecule has 1 aliphatic rings. The number of esters is 3. The molecule has 0 unspecified atom stereocenters. The van der Waals surface area contributed by atoms with Crippen LogP contribution in [0, 0.1) is 30.3 Å². The van der Waals surface area contributed by atoms with Crippen LogP contribution in [0.15, 0.2) is 103 Å².